The van der Waals surface area contributed by atoms with Gasteiger partial charge in [0.25, 0.3) is 12.4 Å². The molecular formula is C20H18N2O5. The van der Waals surface area contributed by atoms with Crippen LogP contribution in [0.3, 0.4) is 0 Å². The molecule has 0 aliphatic carbocycles. The molecule has 2 fully saturated rings. The van der Waals surface area contributed by atoms with Crippen molar-refractivity contribution in [1.82, 2.24) is 9.80 Å². The molecule has 27 heavy (non-hydrogen) atoms. The van der Waals surface area contributed by atoms with Crippen LogP contribution in [0.15, 0.2) is 60.7 Å². The van der Waals surface area contributed by atoms with E-state index in [0.717, 1.165) is 11.1 Å². The van der Waals surface area contributed by atoms with Crippen molar-refractivity contribution in [3.63, 3.8) is 0 Å². The fourth-order valence-electron chi connectivity index (χ4n) is 3.59. The summed E-state index contributed by atoms with van der Waals surface area (Å²) in [6.45, 7) is 0.758. The minimum atomic E-state index is -0.890. The number of nitrogens with zero attached hydrogens (tertiary/aromatic N) is 2. The molecule has 0 N–H and O–H groups in total. The van der Waals surface area contributed by atoms with Crippen LogP contribution in [0.2, 0.25) is 0 Å². The van der Waals surface area contributed by atoms with Gasteiger partial charge >= 0.3 is 6.09 Å². The smallest absolute Gasteiger partial charge is 0.411 e. The Morgan fingerprint density at radius 3 is 2.37 bits per heavy atom. The molecular weight excluding hydrogens is 348 g/mol. The first-order chi connectivity index (χ1) is 13.2. The van der Waals surface area contributed by atoms with Crippen LogP contribution in [-0.4, -0.2) is 47.1 Å². The zero-order valence-electron chi connectivity index (χ0n) is 14.4. The van der Waals surface area contributed by atoms with E-state index in [1.807, 2.05) is 60.7 Å². The topological polar surface area (TPSA) is 76.1 Å². The van der Waals surface area contributed by atoms with Crippen LogP contribution >= 0.6 is 0 Å². The van der Waals surface area contributed by atoms with Crippen LogP contribution in [0.5, 0.6) is 0 Å². The number of rotatable bonds is 6. The summed E-state index contributed by atoms with van der Waals surface area (Å²) < 4.78 is 10.4. The molecule has 138 valence electrons. The van der Waals surface area contributed by atoms with Gasteiger partial charge in [-0.25, -0.2) is 4.79 Å². The highest BCUT2D eigenvalue weighted by molar-refractivity contribution is 5.92. The lowest BCUT2D eigenvalue weighted by Crippen LogP contribution is -2.71. The van der Waals surface area contributed by atoms with Crippen molar-refractivity contribution >= 4 is 18.5 Å². The quantitative estimate of drug-likeness (QED) is 0.578. The Hall–Kier alpha value is -3.35. The van der Waals surface area contributed by atoms with Crippen LogP contribution in [0.25, 0.3) is 0 Å². The predicted molar refractivity (Wildman–Crippen MR) is 94.1 cm³/mol. The first-order valence-electron chi connectivity index (χ1n) is 8.64. The number of ether oxygens (including phenoxy) is 2. The molecule has 0 saturated carbocycles. The summed E-state index contributed by atoms with van der Waals surface area (Å²) in [4.78, 5) is 39.0. The van der Waals surface area contributed by atoms with Crippen LogP contribution in [0, 0.1) is 0 Å². The third kappa shape index (κ3) is 3.01. The zero-order chi connectivity index (χ0) is 18.8. The average Bonchev–Trinajstić information content (AvgIpc) is 3.08. The van der Waals surface area contributed by atoms with E-state index in [9.17, 15) is 14.4 Å². The minimum Gasteiger partial charge on any atom is -0.447 e. The first kappa shape index (κ1) is 17.1. The van der Waals surface area contributed by atoms with E-state index in [2.05, 4.69) is 0 Å². The maximum Gasteiger partial charge on any atom is 0.411 e. The molecule has 3 atom stereocenters. The molecule has 2 aromatic rings. The lowest BCUT2D eigenvalue weighted by molar-refractivity contribution is -0.195. The SMILES string of the molecule is O=CO[C@@H]1[C@H](N2C(=O)OC[C@@H]2c2ccccc2)C(=O)N1Cc1ccccc1. The van der Waals surface area contributed by atoms with Crippen LogP contribution < -0.4 is 0 Å². The van der Waals surface area contributed by atoms with Crippen molar-refractivity contribution in [2.24, 2.45) is 0 Å². The number of hydrogen-bond donors (Lipinski definition) is 0. The predicted octanol–water partition coefficient (Wildman–Crippen LogP) is 2.09. The lowest BCUT2D eigenvalue weighted by Gasteiger charge is -2.48. The summed E-state index contributed by atoms with van der Waals surface area (Å²) in [6, 6.07) is 17.5. The van der Waals surface area contributed by atoms with Gasteiger partial charge in [-0.2, -0.15) is 0 Å². The van der Waals surface area contributed by atoms with Gasteiger partial charge in [0, 0.05) is 6.54 Å². The van der Waals surface area contributed by atoms with Crippen LogP contribution in [-0.2, 0) is 25.6 Å². The monoisotopic (exact) mass is 366 g/mol. The average molecular weight is 366 g/mol. The molecule has 7 heteroatoms. The van der Waals surface area contributed by atoms with E-state index >= 15 is 0 Å². The van der Waals surface area contributed by atoms with Gasteiger partial charge in [-0.05, 0) is 11.1 Å². The second-order valence-corrected chi connectivity index (χ2v) is 6.43. The number of likely N-dealkylation sites (tertiary alicyclic amines) is 1. The Bertz CT molecular complexity index is 842. The highest BCUT2D eigenvalue weighted by Crippen LogP contribution is 2.37. The molecule has 0 spiro atoms. The minimum absolute atomic E-state index is 0.152. The largest absolute Gasteiger partial charge is 0.447 e. The molecule has 0 radical (unpaired) electrons. The van der Waals surface area contributed by atoms with Gasteiger partial charge in [0.15, 0.2) is 6.04 Å². The summed E-state index contributed by atoms with van der Waals surface area (Å²) in [6.07, 6.45) is -1.42. The Labute approximate surface area is 156 Å². The van der Waals surface area contributed by atoms with Crippen molar-refractivity contribution in [3.8, 4) is 0 Å². The van der Waals surface area contributed by atoms with Crippen molar-refractivity contribution in [3.05, 3.63) is 71.8 Å². The molecule has 2 aliphatic heterocycles. The highest BCUT2D eigenvalue weighted by atomic mass is 16.6. The number of hydrogen-bond acceptors (Lipinski definition) is 5. The van der Waals surface area contributed by atoms with Gasteiger partial charge in [-0.3, -0.25) is 19.4 Å². The van der Waals surface area contributed by atoms with E-state index < -0.39 is 24.4 Å². The standard InChI is InChI=1S/C20H18N2O5/c23-13-27-19-17(18(24)21(19)11-14-7-3-1-4-8-14)22-16(12-26-20(22)25)15-9-5-2-6-10-15/h1-10,13,16-17,19H,11-12H2/t16-,17-,19-/m1/s1. The number of carbonyl (C=O) groups is 3. The summed E-state index contributed by atoms with van der Waals surface area (Å²) in [5, 5.41) is 0. The summed E-state index contributed by atoms with van der Waals surface area (Å²) in [5.41, 5.74) is 1.77. The fourth-order valence-corrected chi connectivity index (χ4v) is 3.59. The van der Waals surface area contributed by atoms with Gasteiger partial charge < -0.3 is 9.47 Å². The molecule has 2 saturated heterocycles. The van der Waals surface area contributed by atoms with Crippen molar-refractivity contribution in [2.45, 2.75) is 24.9 Å². The fraction of sp³-hybridized carbons (Fsp3) is 0.250. The van der Waals surface area contributed by atoms with Gasteiger partial charge in [-0.15, -0.1) is 0 Å². The number of amides is 2. The molecule has 2 aromatic carbocycles. The molecule has 7 nitrogen and oxygen atoms in total. The Morgan fingerprint density at radius 2 is 1.70 bits per heavy atom. The number of carbonyl (C=O) groups excluding carboxylic acids is 3. The van der Waals surface area contributed by atoms with Crippen LogP contribution in [0.4, 0.5) is 4.79 Å². The number of benzene rings is 2. The molecule has 0 aromatic heterocycles. The Balaban J connectivity index is 1.59. The van der Waals surface area contributed by atoms with E-state index in [4.69, 9.17) is 9.47 Å². The third-order valence-electron chi connectivity index (χ3n) is 4.90. The maximum absolute atomic E-state index is 12.8. The van der Waals surface area contributed by atoms with Crippen LogP contribution in [0.1, 0.15) is 17.2 Å². The third-order valence-corrected chi connectivity index (χ3v) is 4.90. The van der Waals surface area contributed by atoms with E-state index in [1.165, 1.54) is 9.80 Å². The number of cyclic esters (lactones) is 1. The van der Waals surface area contributed by atoms with Gasteiger partial charge in [0.2, 0.25) is 6.23 Å². The van der Waals surface area contributed by atoms with Crippen molar-refractivity contribution in [1.29, 1.82) is 0 Å². The van der Waals surface area contributed by atoms with Gasteiger partial charge in [0.05, 0.1) is 6.04 Å². The Kier molecular flexibility index (Phi) is 4.50. The van der Waals surface area contributed by atoms with Gasteiger partial charge in [-0.1, -0.05) is 60.7 Å². The molecule has 4 rings (SSSR count). The number of β-lactam (4-membered cyclic amide) rings is 1. The van der Waals surface area contributed by atoms with E-state index in [0.29, 0.717) is 13.0 Å². The second kappa shape index (κ2) is 7.11. The molecule has 0 unspecified atom stereocenters. The zero-order valence-corrected chi connectivity index (χ0v) is 14.4. The lowest BCUT2D eigenvalue weighted by atomic mass is 9.97. The molecule has 2 heterocycles. The molecule has 2 amide bonds. The van der Waals surface area contributed by atoms with Crippen molar-refractivity contribution in [2.75, 3.05) is 6.61 Å². The Morgan fingerprint density at radius 1 is 1.04 bits per heavy atom. The normalized spacial score (nSPS) is 24.4. The molecule has 0 bridgehead atoms. The summed E-state index contributed by atoms with van der Waals surface area (Å²) >= 11 is 0. The first-order valence-corrected chi connectivity index (χ1v) is 8.64. The van der Waals surface area contributed by atoms with E-state index in [-0.39, 0.29) is 12.5 Å². The summed E-state index contributed by atoms with van der Waals surface area (Å²) in [7, 11) is 0. The van der Waals surface area contributed by atoms with Crippen molar-refractivity contribution < 1.29 is 23.9 Å². The maximum atomic E-state index is 12.8. The second-order valence-electron chi connectivity index (χ2n) is 6.43. The molecule has 2 aliphatic rings. The van der Waals surface area contributed by atoms with Gasteiger partial charge in [0.1, 0.15) is 6.61 Å². The summed E-state index contributed by atoms with van der Waals surface area (Å²) in [5.74, 6) is -0.273. The van der Waals surface area contributed by atoms with E-state index in [1.54, 1.807) is 0 Å². The highest BCUT2D eigenvalue weighted by Gasteiger charge is 2.57.